The highest BCUT2D eigenvalue weighted by atomic mass is 35.5. The monoisotopic (exact) mass is 401 g/mol. The number of hydrogen-bond acceptors (Lipinski definition) is 4. The van der Waals surface area contributed by atoms with Crippen molar-refractivity contribution in [2.75, 3.05) is 0 Å². The van der Waals surface area contributed by atoms with Crippen LogP contribution in [0.25, 0.3) is 11.3 Å². The van der Waals surface area contributed by atoms with Crippen molar-refractivity contribution in [2.45, 2.75) is 19.5 Å². The van der Waals surface area contributed by atoms with Crippen molar-refractivity contribution in [3.63, 3.8) is 0 Å². The van der Waals surface area contributed by atoms with Gasteiger partial charge in [0, 0.05) is 29.2 Å². The van der Waals surface area contributed by atoms with Crippen LogP contribution in [0.2, 0.25) is 5.02 Å². The summed E-state index contributed by atoms with van der Waals surface area (Å²) in [5, 5.41) is 14.3. The minimum absolute atomic E-state index is 0.0122. The number of halogens is 2. The van der Waals surface area contributed by atoms with Crippen molar-refractivity contribution >= 4 is 17.6 Å². The van der Waals surface area contributed by atoms with Crippen LogP contribution in [-0.4, -0.2) is 20.9 Å². The van der Waals surface area contributed by atoms with Crippen LogP contribution in [0.15, 0.2) is 53.3 Å². The third kappa shape index (κ3) is 4.27. The molecule has 0 atom stereocenters. The average molecular weight is 402 g/mol. The molecule has 0 saturated carbocycles. The second-order valence-electron chi connectivity index (χ2n) is 6.16. The number of carboxylic acid groups (broad SMARTS) is 1. The minimum Gasteiger partial charge on any atom is -0.477 e. The molecule has 0 amide bonds. The van der Waals surface area contributed by atoms with E-state index >= 15 is 0 Å². The van der Waals surface area contributed by atoms with Crippen molar-refractivity contribution in [1.29, 1.82) is 0 Å². The first-order valence-corrected chi connectivity index (χ1v) is 8.85. The van der Waals surface area contributed by atoms with Crippen molar-refractivity contribution in [1.82, 2.24) is 9.78 Å². The summed E-state index contributed by atoms with van der Waals surface area (Å²) in [6.45, 7) is 0.168. The van der Waals surface area contributed by atoms with Gasteiger partial charge < -0.3 is 10.8 Å². The molecule has 0 radical (unpaired) electrons. The summed E-state index contributed by atoms with van der Waals surface area (Å²) in [5.74, 6) is -1.81. The number of aromatic carboxylic acids is 1. The van der Waals surface area contributed by atoms with Gasteiger partial charge in [0.1, 0.15) is 11.4 Å². The van der Waals surface area contributed by atoms with E-state index in [9.17, 15) is 19.1 Å². The molecule has 3 rings (SSSR count). The first-order valence-electron chi connectivity index (χ1n) is 8.48. The van der Waals surface area contributed by atoms with Gasteiger partial charge in [-0.15, -0.1) is 0 Å². The maximum Gasteiger partial charge on any atom is 0.341 e. The number of nitrogens with zero attached hydrogens (tertiary/aromatic N) is 2. The Labute approximate surface area is 165 Å². The van der Waals surface area contributed by atoms with E-state index in [0.29, 0.717) is 17.0 Å². The molecule has 0 aliphatic rings. The van der Waals surface area contributed by atoms with Crippen molar-refractivity contribution in [3.05, 3.63) is 86.4 Å². The number of rotatable bonds is 6. The summed E-state index contributed by atoms with van der Waals surface area (Å²) in [4.78, 5) is 24.0. The van der Waals surface area contributed by atoms with Gasteiger partial charge >= 0.3 is 5.97 Å². The highest BCUT2D eigenvalue weighted by Gasteiger charge is 2.16. The summed E-state index contributed by atoms with van der Waals surface area (Å²) in [6, 6.07) is 12.5. The lowest BCUT2D eigenvalue weighted by atomic mass is 10.1. The van der Waals surface area contributed by atoms with Crippen LogP contribution in [-0.2, 0) is 19.5 Å². The zero-order chi connectivity index (χ0) is 20.3. The first kappa shape index (κ1) is 19.7. The maximum atomic E-state index is 13.7. The Morgan fingerprint density at radius 2 is 1.89 bits per heavy atom. The molecule has 8 heteroatoms. The van der Waals surface area contributed by atoms with E-state index in [4.69, 9.17) is 17.3 Å². The average Bonchev–Trinajstić information content (AvgIpc) is 2.68. The summed E-state index contributed by atoms with van der Waals surface area (Å²) in [6.07, 6.45) is 0.462. The predicted molar refractivity (Wildman–Crippen MR) is 104 cm³/mol. The Bertz CT molecular complexity index is 1080. The Morgan fingerprint density at radius 1 is 1.18 bits per heavy atom. The van der Waals surface area contributed by atoms with Crippen molar-refractivity contribution < 1.29 is 14.3 Å². The molecule has 144 valence electrons. The zero-order valence-electron chi connectivity index (χ0n) is 14.7. The SMILES string of the molecule is NCc1cc(-c2cc(C(=O)O)c(=O)n(CCc3ccc(Cl)cc3)n2)ccc1F. The smallest absolute Gasteiger partial charge is 0.341 e. The summed E-state index contributed by atoms with van der Waals surface area (Å²) in [5.41, 5.74) is 6.35. The zero-order valence-corrected chi connectivity index (χ0v) is 15.5. The third-order valence-electron chi connectivity index (χ3n) is 4.29. The highest BCUT2D eigenvalue weighted by molar-refractivity contribution is 6.30. The summed E-state index contributed by atoms with van der Waals surface area (Å²) in [7, 11) is 0. The Balaban J connectivity index is 2.01. The Morgan fingerprint density at radius 3 is 2.54 bits per heavy atom. The molecule has 1 heterocycles. The molecule has 0 aliphatic carbocycles. The van der Waals surface area contributed by atoms with E-state index in [2.05, 4.69) is 5.10 Å². The van der Waals surface area contributed by atoms with Gasteiger partial charge in [-0.2, -0.15) is 5.10 Å². The molecule has 0 aliphatic heterocycles. The van der Waals surface area contributed by atoms with Crippen LogP contribution >= 0.6 is 11.6 Å². The second kappa shape index (κ2) is 8.33. The number of aryl methyl sites for hydroxylation is 2. The molecule has 0 fully saturated rings. The molecule has 0 spiro atoms. The fourth-order valence-corrected chi connectivity index (χ4v) is 2.89. The van der Waals surface area contributed by atoms with E-state index in [1.54, 1.807) is 12.1 Å². The first-order chi connectivity index (χ1) is 13.4. The van der Waals surface area contributed by atoms with E-state index in [1.807, 2.05) is 12.1 Å². The molecule has 0 saturated heterocycles. The molecule has 0 unspecified atom stereocenters. The lowest BCUT2D eigenvalue weighted by Crippen LogP contribution is -2.29. The number of carboxylic acids is 1. The molecule has 3 N–H and O–H groups in total. The molecule has 2 aromatic carbocycles. The van der Waals surface area contributed by atoms with Gasteiger partial charge in [0.05, 0.1) is 5.69 Å². The van der Waals surface area contributed by atoms with E-state index in [0.717, 1.165) is 10.2 Å². The maximum absolute atomic E-state index is 13.7. The van der Waals surface area contributed by atoms with Gasteiger partial charge in [0.15, 0.2) is 0 Å². The van der Waals surface area contributed by atoms with Crippen LogP contribution < -0.4 is 11.3 Å². The number of nitrogens with two attached hydrogens (primary N) is 1. The second-order valence-corrected chi connectivity index (χ2v) is 6.60. The topological polar surface area (TPSA) is 98.2 Å². The van der Waals surface area contributed by atoms with E-state index in [1.165, 1.54) is 24.3 Å². The number of benzene rings is 2. The molecular formula is C20H17ClFN3O3. The Kier molecular flexibility index (Phi) is 5.87. The fraction of sp³-hybridized carbons (Fsp3) is 0.150. The van der Waals surface area contributed by atoms with Gasteiger partial charge in [0.2, 0.25) is 0 Å². The van der Waals surface area contributed by atoms with Crippen LogP contribution in [0.4, 0.5) is 4.39 Å². The lowest BCUT2D eigenvalue weighted by molar-refractivity contribution is 0.0693. The van der Waals surface area contributed by atoms with Crippen LogP contribution in [0.3, 0.4) is 0 Å². The highest BCUT2D eigenvalue weighted by Crippen LogP contribution is 2.20. The summed E-state index contributed by atoms with van der Waals surface area (Å²) < 4.78 is 14.8. The summed E-state index contributed by atoms with van der Waals surface area (Å²) >= 11 is 5.87. The van der Waals surface area contributed by atoms with Gasteiger partial charge in [-0.25, -0.2) is 13.9 Å². The third-order valence-corrected chi connectivity index (χ3v) is 4.54. The van der Waals surface area contributed by atoms with Gasteiger partial charge in [-0.1, -0.05) is 23.7 Å². The van der Waals surface area contributed by atoms with Crippen LogP contribution in [0.5, 0.6) is 0 Å². The quantitative estimate of drug-likeness (QED) is 0.661. The van der Waals surface area contributed by atoms with Crippen LogP contribution in [0, 0.1) is 5.82 Å². The molecule has 3 aromatic rings. The molecule has 6 nitrogen and oxygen atoms in total. The van der Waals surface area contributed by atoms with Gasteiger partial charge in [0.25, 0.3) is 5.56 Å². The molecule has 28 heavy (non-hydrogen) atoms. The van der Waals surface area contributed by atoms with Gasteiger partial charge in [-0.05, 0) is 48.4 Å². The fourth-order valence-electron chi connectivity index (χ4n) is 2.76. The standard InChI is InChI=1S/C20H17ClFN3O3/c21-15-4-1-12(2-5-15)7-8-25-19(26)16(20(27)28)10-18(24-25)13-3-6-17(22)14(9-13)11-23/h1-6,9-10H,7-8,11,23H2,(H,27,28). The van der Waals surface area contributed by atoms with Gasteiger partial charge in [-0.3, -0.25) is 4.79 Å². The predicted octanol–water partition coefficient (Wildman–Crippen LogP) is 3.10. The number of carbonyl (C=O) groups is 1. The minimum atomic E-state index is -1.35. The number of hydrogen-bond donors (Lipinski definition) is 2. The lowest BCUT2D eigenvalue weighted by Gasteiger charge is -2.10. The van der Waals surface area contributed by atoms with Crippen molar-refractivity contribution in [3.8, 4) is 11.3 Å². The molecule has 0 bridgehead atoms. The normalized spacial score (nSPS) is 10.8. The largest absolute Gasteiger partial charge is 0.477 e. The Hall–Kier alpha value is -3.03. The molecular weight excluding hydrogens is 385 g/mol. The van der Waals surface area contributed by atoms with E-state index < -0.39 is 22.9 Å². The van der Waals surface area contributed by atoms with E-state index in [-0.39, 0.29) is 24.3 Å². The van der Waals surface area contributed by atoms with Crippen LogP contribution in [0.1, 0.15) is 21.5 Å². The molecule has 1 aromatic heterocycles. The number of aromatic nitrogens is 2. The van der Waals surface area contributed by atoms with Crippen molar-refractivity contribution in [2.24, 2.45) is 5.73 Å².